The number of hydrogen-bond donors (Lipinski definition) is 2. The fourth-order valence-corrected chi connectivity index (χ4v) is 3.97. The van der Waals surface area contributed by atoms with Crippen LogP contribution < -0.4 is 4.90 Å². The molecule has 132 valence electrons. The Labute approximate surface area is 154 Å². The molecule has 2 atom stereocenters. The highest BCUT2D eigenvalue weighted by Crippen LogP contribution is 2.43. The number of nitrogens with zero attached hydrogens (tertiary/aromatic N) is 1. The van der Waals surface area contributed by atoms with Crippen molar-refractivity contribution in [1.29, 1.82) is 0 Å². The van der Waals surface area contributed by atoms with Crippen molar-refractivity contribution in [3.8, 4) is 11.1 Å². The molecule has 2 N–H and O–H groups in total. The van der Waals surface area contributed by atoms with E-state index in [-0.39, 0.29) is 12.6 Å². The Morgan fingerprint density at radius 2 is 1.54 bits per heavy atom. The summed E-state index contributed by atoms with van der Waals surface area (Å²) in [6.45, 7) is 0.564. The standard InChI is InChI=1S/C23H23NO2/c25-16-21(26)23(18-10-5-2-6-11-18)24-15-14-19-12-7-13-20(22(19)24)17-8-3-1-4-9-17/h1-13,21,23,25-26H,14-16H2/t21-,23+/m1/s1. The minimum absolute atomic E-state index is 0.265. The highest BCUT2D eigenvalue weighted by Gasteiger charge is 2.33. The Morgan fingerprint density at radius 1 is 0.846 bits per heavy atom. The molecule has 1 aliphatic heterocycles. The lowest BCUT2D eigenvalue weighted by Crippen LogP contribution is -2.37. The first kappa shape index (κ1) is 16.8. The van der Waals surface area contributed by atoms with Gasteiger partial charge in [-0.25, -0.2) is 0 Å². The Balaban J connectivity index is 1.83. The summed E-state index contributed by atoms with van der Waals surface area (Å²) in [7, 11) is 0. The van der Waals surface area contributed by atoms with Gasteiger partial charge < -0.3 is 15.1 Å². The lowest BCUT2D eigenvalue weighted by Gasteiger charge is -2.35. The average molecular weight is 345 g/mol. The van der Waals surface area contributed by atoms with Crippen LogP contribution in [0.3, 0.4) is 0 Å². The number of benzene rings is 3. The van der Waals surface area contributed by atoms with E-state index >= 15 is 0 Å². The molecule has 0 amide bonds. The number of para-hydroxylation sites is 1. The number of aliphatic hydroxyl groups is 2. The van der Waals surface area contributed by atoms with E-state index in [1.165, 1.54) is 22.4 Å². The van der Waals surface area contributed by atoms with E-state index in [1.54, 1.807) is 0 Å². The van der Waals surface area contributed by atoms with Crippen molar-refractivity contribution >= 4 is 5.69 Å². The van der Waals surface area contributed by atoms with E-state index in [2.05, 4.69) is 35.2 Å². The van der Waals surface area contributed by atoms with Crippen LogP contribution in [0, 0.1) is 0 Å². The van der Waals surface area contributed by atoms with Gasteiger partial charge in [-0.15, -0.1) is 0 Å². The van der Waals surface area contributed by atoms with Gasteiger partial charge in [0, 0.05) is 17.8 Å². The molecule has 0 saturated heterocycles. The van der Waals surface area contributed by atoms with Gasteiger partial charge in [-0.05, 0) is 23.1 Å². The van der Waals surface area contributed by atoms with E-state index in [4.69, 9.17) is 0 Å². The van der Waals surface area contributed by atoms with Crippen LogP contribution in [0.2, 0.25) is 0 Å². The third kappa shape index (κ3) is 3.00. The molecular formula is C23H23NO2. The second kappa shape index (κ2) is 7.32. The smallest absolute Gasteiger partial charge is 0.101 e. The van der Waals surface area contributed by atoms with Crippen LogP contribution in [0.1, 0.15) is 17.2 Å². The molecule has 0 bridgehead atoms. The Kier molecular flexibility index (Phi) is 4.74. The van der Waals surface area contributed by atoms with E-state index in [1.807, 2.05) is 48.5 Å². The van der Waals surface area contributed by atoms with Gasteiger partial charge in [0.15, 0.2) is 0 Å². The van der Waals surface area contributed by atoms with Gasteiger partial charge in [0.25, 0.3) is 0 Å². The van der Waals surface area contributed by atoms with Gasteiger partial charge in [-0.2, -0.15) is 0 Å². The highest BCUT2D eigenvalue weighted by molar-refractivity contribution is 5.83. The SMILES string of the molecule is OC[C@@H](O)[C@H](c1ccccc1)N1CCc2cccc(-c3ccccc3)c21. The van der Waals surface area contributed by atoms with Crippen molar-refractivity contribution in [3.63, 3.8) is 0 Å². The summed E-state index contributed by atoms with van der Waals surface area (Å²) in [6, 6.07) is 26.4. The summed E-state index contributed by atoms with van der Waals surface area (Å²) in [5.41, 5.74) is 5.82. The van der Waals surface area contributed by atoms with Crippen molar-refractivity contribution in [2.24, 2.45) is 0 Å². The predicted molar refractivity (Wildman–Crippen MR) is 105 cm³/mol. The molecule has 0 spiro atoms. The van der Waals surface area contributed by atoms with E-state index in [0.29, 0.717) is 0 Å². The quantitative estimate of drug-likeness (QED) is 0.739. The Hall–Kier alpha value is -2.62. The van der Waals surface area contributed by atoms with E-state index in [0.717, 1.165) is 18.5 Å². The van der Waals surface area contributed by atoms with Crippen LogP contribution in [0.4, 0.5) is 5.69 Å². The fourth-order valence-electron chi connectivity index (χ4n) is 3.97. The molecule has 3 heteroatoms. The molecule has 1 heterocycles. The van der Waals surface area contributed by atoms with Gasteiger partial charge in [0.1, 0.15) is 6.10 Å². The number of aliphatic hydroxyl groups excluding tert-OH is 2. The van der Waals surface area contributed by atoms with Crippen molar-refractivity contribution in [2.45, 2.75) is 18.6 Å². The van der Waals surface area contributed by atoms with Gasteiger partial charge in [-0.1, -0.05) is 78.9 Å². The number of rotatable bonds is 5. The van der Waals surface area contributed by atoms with Crippen LogP contribution in [0.25, 0.3) is 11.1 Å². The zero-order valence-corrected chi connectivity index (χ0v) is 14.6. The summed E-state index contributed by atoms with van der Waals surface area (Å²) in [6.07, 6.45) is 0.101. The van der Waals surface area contributed by atoms with Gasteiger partial charge >= 0.3 is 0 Å². The monoisotopic (exact) mass is 345 g/mol. The highest BCUT2D eigenvalue weighted by atomic mass is 16.3. The van der Waals surface area contributed by atoms with Crippen LogP contribution >= 0.6 is 0 Å². The minimum Gasteiger partial charge on any atom is -0.394 e. The molecule has 26 heavy (non-hydrogen) atoms. The zero-order chi connectivity index (χ0) is 17.9. The Morgan fingerprint density at radius 3 is 2.23 bits per heavy atom. The van der Waals surface area contributed by atoms with Crippen molar-refractivity contribution in [1.82, 2.24) is 0 Å². The molecule has 3 aromatic carbocycles. The topological polar surface area (TPSA) is 43.7 Å². The maximum absolute atomic E-state index is 10.6. The molecule has 0 radical (unpaired) electrons. The second-order valence-corrected chi connectivity index (χ2v) is 6.73. The second-order valence-electron chi connectivity index (χ2n) is 6.73. The lowest BCUT2D eigenvalue weighted by molar-refractivity contribution is 0.0717. The van der Waals surface area contributed by atoms with Crippen molar-refractivity contribution < 1.29 is 10.2 Å². The summed E-state index contributed by atoms with van der Waals surface area (Å²) in [5.74, 6) is 0. The zero-order valence-electron chi connectivity index (χ0n) is 14.6. The van der Waals surface area contributed by atoms with Crippen LogP contribution in [0.15, 0.2) is 78.9 Å². The predicted octanol–water partition coefficient (Wildman–Crippen LogP) is 3.81. The molecular weight excluding hydrogens is 322 g/mol. The van der Waals surface area contributed by atoms with Crippen molar-refractivity contribution in [2.75, 3.05) is 18.1 Å². The van der Waals surface area contributed by atoms with Crippen LogP contribution in [-0.4, -0.2) is 29.5 Å². The van der Waals surface area contributed by atoms with Crippen LogP contribution in [-0.2, 0) is 6.42 Å². The summed E-state index contributed by atoms with van der Waals surface area (Å²) < 4.78 is 0. The number of anilines is 1. The molecule has 0 aliphatic carbocycles. The number of fused-ring (bicyclic) bond motifs is 1. The third-order valence-corrected chi connectivity index (χ3v) is 5.14. The normalized spacial score (nSPS) is 15.5. The van der Waals surface area contributed by atoms with Crippen molar-refractivity contribution in [3.05, 3.63) is 90.0 Å². The lowest BCUT2D eigenvalue weighted by atomic mass is 9.96. The maximum atomic E-state index is 10.6. The minimum atomic E-state index is -0.841. The molecule has 3 aromatic rings. The third-order valence-electron chi connectivity index (χ3n) is 5.14. The largest absolute Gasteiger partial charge is 0.394 e. The van der Waals surface area contributed by atoms with Gasteiger partial charge in [0.2, 0.25) is 0 Å². The van der Waals surface area contributed by atoms with E-state index < -0.39 is 6.10 Å². The molecule has 0 saturated carbocycles. The first-order valence-electron chi connectivity index (χ1n) is 9.07. The van der Waals surface area contributed by atoms with E-state index in [9.17, 15) is 10.2 Å². The van der Waals surface area contributed by atoms with Gasteiger partial charge in [0.05, 0.1) is 12.6 Å². The first-order valence-corrected chi connectivity index (χ1v) is 9.07. The molecule has 3 nitrogen and oxygen atoms in total. The molecule has 0 fully saturated rings. The molecule has 0 unspecified atom stereocenters. The first-order chi connectivity index (χ1) is 12.8. The molecule has 1 aliphatic rings. The van der Waals surface area contributed by atoms with Crippen LogP contribution in [0.5, 0.6) is 0 Å². The summed E-state index contributed by atoms with van der Waals surface area (Å²) >= 11 is 0. The maximum Gasteiger partial charge on any atom is 0.101 e. The Bertz CT molecular complexity index is 864. The van der Waals surface area contributed by atoms with Gasteiger partial charge in [-0.3, -0.25) is 0 Å². The fraction of sp³-hybridized carbons (Fsp3) is 0.217. The summed E-state index contributed by atoms with van der Waals surface area (Å²) in [5, 5.41) is 20.3. The summed E-state index contributed by atoms with van der Waals surface area (Å²) in [4.78, 5) is 2.26. The average Bonchev–Trinajstić information content (AvgIpc) is 3.13. The molecule has 0 aromatic heterocycles. The number of hydrogen-bond acceptors (Lipinski definition) is 3. The molecule has 4 rings (SSSR count).